The molecule has 0 aromatic heterocycles. The molecule has 2 aliphatic carbocycles. The van der Waals surface area contributed by atoms with E-state index in [-0.39, 0.29) is 35.3 Å². The highest BCUT2D eigenvalue weighted by molar-refractivity contribution is 6.24. The molecule has 3 aromatic rings. The second kappa shape index (κ2) is 8.62. The van der Waals surface area contributed by atoms with Crippen molar-refractivity contribution in [2.24, 2.45) is 29.1 Å². The lowest BCUT2D eigenvalue weighted by Gasteiger charge is -2.49. The van der Waals surface area contributed by atoms with Crippen molar-refractivity contribution in [2.45, 2.75) is 32.6 Å². The van der Waals surface area contributed by atoms with E-state index in [1.807, 2.05) is 49.4 Å². The Bertz CT molecular complexity index is 1650. The molecule has 3 aromatic carbocycles. The standard InChI is InChI=1S/C33H30N2O5/c1-3-34-29(37)22-15-14-21-23(26(22)31(34)39)17-24-30(38)35(19-10-5-4-6-11-19)32(40)33(24,2)28(21)27-20-12-8-7-9-18(20)13-16-25(27)36/h4-14,16,22-24,26,28,36H,3,15,17H2,1-2H3. The number of likely N-dealkylation sites (tertiary alicyclic amines) is 1. The number of nitrogens with zero attached hydrogens (tertiary/aromatic N) is 2. The average Bonchev–Trinajstić information content (AvgIpc) is 3.33. The van der Waals surface area contributed by atoms with Crippen molar-refractivity contribution in [2.75, 3.05) is 11.4 Å². The van der Waals surface area contributed by atoms with E-state index in [4.69, 9.17) is 0 Å². The van der Waals surface area contributed by atoms with Crippen LogP contribution in [0.5, 0.6) is 5.75 Å². The zero-order valence-electron chi connectivity index (χ0n) is 22.4. The van der Waals surface area contributed by atoms with Crippen molar-refractivity contribution < 1.29 is 24.3 Å². The molecular weight excluding hydrogens is 504 g/mol. The highest BCUT2D eigenvalue weighted by Crippen LogP contribution is 2.65. The molecule has 2 saturated heterocycles. The van der Waals surface area contributed by atoms with E-state index in [1.165, 1.54) is 9.80 Å². The molecule has 6 atom stereocenters. The van der Waals surface area contributed by atoms with Crippen LogP contribution in [0.25, 0.3) is 10.8 Å². The van der Waals surface area contributed by atoms with Crippen LogP contribution in [0.1, 0.15) is 38.2 Å². The number of benzene rings is 3. The van der Waals surface area contributed by atoms with Crippen molar-refractivity contribution in [1.82, 2.24) is 4.90 Å². The summed E-state index contributed by atoms with van der Waals surface area (Å²) in [6.07, 6.45) is 2.72. The van der Waals surface area contributed by atoms with Crippen LogP contribution < -0.4 is 4.90 Å². The summed E-state index contributed by atoms with van der Waals surface area (Å²) >= 11 is 0. The van der Waals surface area contributed by atoms with Gasteiger partial charge in [-0.1, -0.05) is 60.2 Å². The number of hydrogen-bond donors (Lipinski definition) is 1. The molecule has 7 heteroatoms. The lowest BCUT2D eigenvalue weighted by molar-refractivity contribution is -0.140. The summed E-state index contributed by atoms with van der Waals surface area (Å²) in [5.41, 5.74) is 0.787. The van der Waals surface area contributed by atoms with Crippen LogP contribution >= 0.6 is 0 Å². The van der Waals surface area contributed by atoms with Gasteiger partial charge >= 0.3 is 0 Å². The monoisotopic (exact) mass is 534 g/mol. The number of phenols is 1. The molecule has 7 rings (SSSR count). The fraction of sp³-hybridized carbons (Fsp3) is 0.333. The molecule has 0 radical (unpaired) electrons. The Labute approximate surface area is 232 Å². The van der Waals surface area contributed by atoms with Crippen LogP contribution in [0.3, 0.4) is 0 Å². The quantitative estimate of drug-likeness (QED) is 0.385. The summed E-state index contributed by atoms with van der Waals surface area (Å²) in [6, 6.07) is 20.1. The fourth-order valence-electron chi connectivity index (χ4n) is 8.11. The molecule has 40 heavy (non-hydrogen) atoms. The molecule has 4 aliphatic rings. The summed E-state index contributed by atoms with van der Waals surface area (Å²) in [5, 5.41) is 13.1. The van der Waals surface area contributed by atoms with E-state index in [0.29, 0.717) is 30.6 Å². The molecule has 202 valence electrons. The number of fused-ring (bicyclic) bond motifs is 5. The molecule has 7 nitrogen and oxygen atoms in total. The van der Waals surface area contributed by atoms with Crippen molar-refractivity contribution in [3.8, 4) is 5.75 Å². The third-order valence-electron chi connectivity index (χ3n) is 9.93. The molecule has 2 aliphatic heterocycles. The van der Waals surface area contributed by atoms with E-state index in [0.717, 1.165) is 16.3 Å². The number of anilines is 1. The minimum absolute atomic E-state index is 0.0507. The zero-order valence-corrected chi connectivity index (χ0v) is 22.4. The smallest absolute Gasteiger partial charge is 0.241 e. The Morgan fingerprint density at radius 1 is 0.875 bits per heavy atom. The van der Waals surface area contributed by atoms with Crippen LogP contribution in [-0.2, 0) is 19.2 Å². The number of phenolic OH excluding ortho intramolecular Hbond substituents is 1. The third-order valence-corrected chi connectivity index (χ3v) is 9.93. The average molecular weight is 535 g/mol. The maximum absolute atomic E-state index is 14.5. The Morgan fingerprint density at radius 2 is 1.60 bits per heavy atom. The van der Waals surface area contributed by atoms with Gasteiger partial charge in [0.2, 0.25) is 23.6 Å². The summed E-state index contributed by atoms with van der Waals surface area (Å²) in [5.74, 6) is -3.72. The Hall–Kier alpha value is -4.26. The topological polar surface area (TPSA) is 95.0 Å². The first kappa shape index (κ1) is 24.8. The summed E-state index contributed by atoms with van der Waals surface area (Å²) < 4.78 is 0. The molecule has 6 unspecified atom stereocenters. The van der Waals surface area contributed by atoms with Gasteiger partial charge in [-0.05, 0) is 61.6 Å². The number of aromatic hydroxyl groups is 1. The van der Waals surface area contributed by atoms with E-state index in [2.05, 4.69) is 0 Å². The molecule has 4 amide bonds. The van der Waals surface area contributed by atoms with Crippen molar-refractivity contribution in [3.05, 3.63) is 83.9 Å². The number of rotatable bonds is 3. The predicted octanol–water partition coefficient (Wildman–Crippen LogP) is 4.80. The van der Waals surface area contributed by atoms with Gasteiger partial charge in [-0.25, -0.2) is 4.90 Å². The number of carbonyl (C=O) groups excluding carboxylic acids is 4. The second-order valence-corrected chi connectivity index (χ2v) is 11.6. The Balaban J connectivity index is 1.48. The highest BCUT2D eigenvalue weighted by Gasteiger charge is 2.68. The largest absolute Gasteiger partial charge is 0.508 e. The minimum Gasteiger partial charge on any atom is -0.508 e. The van der Waals surface area contributed by atoms with Crippen LogP contribution in [0, 0.1) is 29.1 Å². The highest BCUT2D eigenvalue weighted by atomic mass is 16.3. The van der Waals surface area contributed by atoms with Gasteiger partial charge in [0, 0.05) is 18.0 Å². The maximum Gasteiger partial charge on any atom is 0.241 e. The van der Waals surface area contributed by atoms with Gasteiger partial charge in [0.25, 0.3) is 0 Å². The van der Waals surface area contributed by atoms with Crippen molar-refractivity contribution in [1.29, 1.82) is 0 Å². The molecule has 1 saturated carbocycles. The van der Waals surface area contributed by atoms with Gasteiger partial charge in [0.1, 0.15) is 5.75 Å². The van der Waals surface area contributed by atoms with E-state index in [1.54, 1.807) is 37.3 Å². The van der Waals surface area contributed by atoms with Crippen LogP contribution in [0.2, 0.25) is 0 Å². The van der Waals surface area contributed by atoms with E-state index < -0.39 is 29.1 Å². The SMILES string of the molecule is CCN1C(=O)C2CC=C3C(CC4C(=O)N(c5ccccc5)C(=O)C4(C)C3c3c(O)ccc4ccccc34)C2C1=O. The van der Waals surface area contributed by atoms with Crippen molar-refractivity contribution >= 4 is 40.1 Å². The Kier molecular flexibility index (Phi) is 5.33. The zero-order chi connectivity index (χ0) is 27.9. The normalized spacial score (nSPS) is 31.4. The van der Waals surface area contributed by atoms with E-state index >= 15 is 0 Å². The van der Waals surface area contributed by atoms with Gasteiger partial charge in [0.15, 0.2) is 0 Å². The van der Waals surface area contributed by atoms with Gasteiger partial charge in [-0.3, -0.25) is 24.1 Å². The summed E-state index contributed by atoms with van der Waals surface area (Å²) in [7, 11) is 0. The number of hydrogen-bond acceptors (Lipinski definition) is 5. The number of imide groups is 2. The van der Waals surface area contributed by atoms with E-state index in [9.17, 15) is 24.3 Å². The molecule has 3 fully saturated rings. The first-order valence-corrected chi connectivity index (χ1v) is 14.0. The first-order chi connectivity index (χ1) is 19.3. The Morgan fingerprint density at radius 3 is 2.35 bits per heavy atom. The van der Waals surface area contributed by atoms with Gasteiger partial charge in [-0.15, -0.1) is 0 Å². The van der Waals surface area contributed by atoms with Gasteiger partial charge in [-0.2, -0.15) is 0 Å². The van der Waals surface area contributed by atoms with Crippen molar-refractivity contribution in [3.63, 3.8) is 0 Å². The third kappa shape index (κ3) is 3.06. The lowest BCUT2D eigenvalue weighted by atomic mass is 9.51. The molecule has 0 spiro atoms. The van der Waals surface area contributed by atoms with Crippen LogP contribution in [0.15, 0.2) is 78.4 Å². The number of para-hydroxylation sites is 1. The molecule has 0 bridgehead atoms. The number of carbonyl (C=O) groups is 4. The predicted molar refractivity (Wildman–Crippen MR) is 149 cm³/mol. The molecular formula is C33H30N2O5. The first-order valence-electron chi connectivity index (χ1n) is 14.0. The van der Waals surface area contributed by atoms with Crippen LogP contribution in [-0.4, -0.2) is 40.2 Å². The number of allylic oxidation sites excluding steroid dienone is 2. The lowest BCUT2D eigenvalue weighted by Crippen LogP contribution is -2.49. The number of amides is 4. The summed E-state index contributed by atoms with van der Waals surface area (Å²) in [6.45, 7) is 3.95. The van der Waals surface area contributed by atoms with Crippen LogP contribution in [0.4, 0.5) is 5.69 Å². The maximum atomic E-state index is 14.5. The van der Waals surface area contributed by atoms with Gasteiger partial charge < -0.3 is 5.11 Å². The molecule has 2 heterocycles. The minimum atomic E-state index is -1.19. The summed E-state index contributed by atoms with van der Waals surface area (Å²) in [4.78, 5) is 58.1. The second-order valence-electron chi connectivity index (χ2n) is 11.6. The molecule has 1 N–H and O–H groups in total. The fourth-order valence-corrected chi connectivity index (χ4v) is 8.11. The van der Waals surface area contributed by atoms with Gasteiger partial charge in [0.05, 0.1) is 28.9 Å².